The lowest BCUT2D eigenvalue weighted by Gasteiger charge is -2.27. The molecule has 2 aromatic rings. The minimum atomic E-state index is -4.46. The summed E-state index contributed by atoms with van der Waals surface area (Å²) in [4.78, 5) is 24.3. The summed E-state index contributed by atoms with van der Waals surface area (Å²) < 4.78 is 42.8. The van der Waals surface area contributed by atoms with E-state index in [1.54, 1.807) is 31.2 Å². The van der Waals surface area contributed by atoms with E-state index in [9.17, 15) is 22.8 Å². The average molecular weight is 469 g/mol. The Labute approximate surface area is 187 Å². The van der Waals surface area contributed by atoms with E-state index < -0.39 is 29.3 Å². The van der Waals surface area contributed by atoms with Crippen LogP contribution < -0.4 is 10.6 Å². The second-order valence-corrected chi connectivity index (χ2v) is 7.79. The van der Waals surface area contributed by atoms with Gasteiger partial charge in [0.15, 0.2) is 0 Å². The van der Waals surface area contributed by atoms with Crippen molar-refractivity contribution in [2.24, 2.45) is 5.10 Å². The smallest absolute Gasteiger partial charge is 0.416 e. The molecular weight excluding hydrogens is 449 g/mol. The summed E-state index contributed by atoms with van der Waals surface area (Å²) in [6.45, 7) is 1.72. The van der Waals surface area contributed by atoms with Gasteiger partial charge < -0.3 is 15.4 Å². The zero-order valence-corrected chi connectivity index (χ0v) is 17.9. The van der Waals surface area contributed by atoms with Crippen molar-refractivity contribution in [2.75, 3.05) is 25.5 Å². The number of alkyl carbamates (subject to hydrolysis) is 1. The van der Waals surface area contributed by atoms with Crippen LogP contribution in [0.5, 0.6) is 0 Å². The Morgan fingerprint density at radius 2 is 1.78 bits per heavy atom. The number of halogens is 4. The molecule has 1 aliphatic heterocycles. The number of rotatable bonds is 5. The van der Waals surface area contributed by atoms with Crippen LogP contribution in [-0.4, -0.2) is 48.5 Å². The van der Waals surface area contributed by atoms with Gasteiger partial charge in [-0.25, -0.2) is 4.79 Å². The fourth-order valence-corrected chi connectivity index (χ4v) is 3.41. The predicted octanol–water partition coefficient (Wildman–Crippen LogP) is 4.13. The summed E-state index contributed by atoms with van der Waals surface area (Å²) in [6.07, 6.45) is -5.12. The SMILES string of the molecule is COC(=O)NC1(C)CN(CC(=O)Nc2ccc(C(F)(F)F)cc2)N=C1c1ccc(Cl)cc1. The van der Waals surface area contributed by atoms with Gasteiger partial charge in [-0.15, -0.1) is 0 Å². The van der Waals surface area contributed by atoms with Gasteiger partial charge in [-0.1, -0.05) is 23.7 Å². The van der Waals surface area contributed by atoms with Crippen LogP contribution in [0.1, 0.15) is 18.1 Å². The van der Waals surface area contributed by atoms with E-state index in [0.717, 1.165) is 12.1 Å². The Kier molecular flexibility index (Phi) is 6.63. The maximum absolute atomic E-state index is 12.7. The number of alkyl halides is 3. The van der Waals surface area contributed by atoms with Gasteiger partial charge in [0, 0.05) is 16.3 Å². The van der Waals surface area contributed by atoms with Crippen LogP contribution in [0.15, 0.2) is 53.6 Å². The summed E-state index contributed by atoms with van der Waals surface area (Å²) in [5.74, 6) is -0.480. The third-order valence-electron chi connectivity index (χ3n) is 4.77. The van der Waals surface area contributed by atoms with E-state index in [-0.39, 0.29) is 18.8 Å². The maximum atomic E-state index is 12.7. The van der Waals surface area contributed by atoms with Gasteiger partial charge in [-0.05, 0) is 43.3 Å². The molecule has 1 atom stereocenters. The number of nitrogens with one attached hydrogen (secondary N) is 2. The van der Waals surface area contributed by atoms with Crippen LogP contribution in [-0.2, 0) is 15.7 Å². The van der Waals surface area contributed by atoms with E-state index >= 15 is 0 Å². The van der Waals surface area contributed by atoms with Crippen molar-refractivity contribution in [1.29, 1.82) is 0 Å². The lowest BCUT2D eigenvalue weighted by atomic mass is 9.91. The number of carbonyl (C=O) groups excluding carboxylic acids is 2. The summed E-state index contributed by atoms with van der Waals surface area (Å²) in [5, 5.41) is 11.8. The topological polar surface area (TPSA) is 83.0 Å². The van der Waals surface area contributed by atoms with Crippen molar-refractivity contribution >= 4 is 35.0 Å². The van der Waals surface area contributed by atoms with E-state index in [1.165, 1.54) is 24.3 Å². The van der Waals surface area contributed by atoms with E-state index in [0.29, 0.717) is 16.3 Å². The van der Waals surface area contributed by atoms with Gasteiger partial charge in [0.25, 0.3) is 0 Å². The highest BCUT2D eigenvalue weighted by molar-refractivity contribution is 6.30. The largest absolute Gasteiger partial charge is 0.453 e. The van der Waals surface area contributed by atoms with Gasteiger partial charge in [-0.3, -0.25) is 9.80 Å². The lowest BCUT2D eigenvalue weighted by Crippen LogP contribution is -2.54. The molecular formula is C21H20ClF3N4O3. The third kappa shape index (κ3) is 5.50. The summed E-state index contributed by atoms with van der Waals surface area (Å²) in [6, 6.07) is 11.0. The van der Waals surface area contributed by atoms with Crippen LogP contribution in [0.3, 0.4) is 0 Å². The van der Waals surface area contributed by atoms with Crippen molar-refractivity contribution in [3.8, 4) is 0 Å². The first-order valence-electron chi connectivity index (χ1n) is 9.43. The summed E-state index contributed by atoms with van der Waals surface area (Å²) >= 11 is 5.95. The highest BCUT2D eigenvalue weighted by Crippen LogP contribution is 2.30. The fraction of sp³-hybridized carbons (Fsp3) is 0.286. The molecule has 32 heavy (non-hydrogen) atoms. The Morgan fingerprint density at radius 3 is 2.34 bits per heavy atom. The van der Waals surface area contributed by atoms with Gasteiger partial charge in [0.2, 0.25) is 5.91 Å². The molecule has 0 spiro atoms. The van der Waals surface area contributed by atoms with Crippen LogP contribution in [0.4, 0.5) is 23.7 Å². The highest BCUT2D eigenvalue weighted by Gasteiger charge is 2.41. The van der Waals surface area contributed by atoms with Crippen LogP contribution in [0, 0.1) is 0 Å². The quantitative estimate of drug-likeness (QED) is 0.691. The molecule has 0 aromatic heterocycles. The lowest BCUT2D eigenvalue weighted by molar-refractivity contribution is -0.137. The second kappa shape index (κ2) is 9.07. The average Bonchev–Trinajstić information content (AvgIpc) is 3.03. The first-order chi connectivity index (χ1) is 15.0. The minimum Gasteiger partial charge on any atom is -0.453 e. The van der Waals surface area contributed by atoms with Crippen LogP contribution in [0.25, 0.3) is 0 Å². The summed E-state index contributed by atoms with van der Waals surface area (Å²) in [5.41, 5.74) is -0.354. The number of nitrogens with zero attached hydrogens (tertiary/aromatic N) is 2. The van der Waals surface area contributed by atoms with E-state index in [1.807, 2.05) is 0 Å². The summed E-state index contributed by atoms with van der Waals surface area (Å²) in [7, 11) is 1.24. The number of amides is 2. The molecule has 0 saturated heterocycles. The molecule has 11 heteroatoms. The van der Waals surface area contributed by atoms with Gasteiger partial charge >= 0.3 is 12.3 Å². The number of anilines is 1. The zero-order valence-electron chi connectivity index (χ0n) is 17.2. The van der Waals surface area contributed by atoms with Crippen molar-refractivity contribution in [3.63, 3.8) is 0 Å². The minimum absolute atomic E-state index is 0.167. The third-order valence-corrected chi connectivity index (χ3v) is 5.02. The number of hydrogen-bond acceptors (Lipinski definition) is 5. The molecule has 1 unspecified atom stereocenters. The molecule has 0 radical (unpaired) electrons. The molecule has 0 fully saturated rings. The maximum Gasteiger partial charge on any atom is 0.416 e. The monoisotopic (exact) mass is 468 g/mol. The highest BCUT2D eigenvalue weighted by atomic mass is 35.5. The molecule has 0 saturated carbocycles. The Hall–Kier alpha value is -3.27. The van der Waals surface area contributed by atoms with Crippen LogP contribution in [0.2, 0.25) is 5.02 Å². The number of carbonyl (C=O) groups is 2. The molecule has 1 heterocycles. The van der Waals surface area contributed by atoms with Crippen molar-refractivity contribution in [3.05, 3.63) is 64.7 Å². The number of methoxy groups -OCH3 is 1. The standard InChI is InChI=1S/C21H20ClF3N4O3/c1-20(27-19(31)32-2)12-29(28-18(20)13-3-7-15(22)8-4-13)11-17(30)26-16-9-5-14(6-10-16)21(23,24)25/h3-10H,11-12H2,1-2H3,(H,26,30)(H,27,31). The predicted molar refractivity (Wildman–Crippen MR) is 114 cm³/mol. The van der Waals surface area contributed by atoms with Gasteiger partial charge in [-0.2, -0.15) is 18.3 Å². The first-order valence-corrected chi connectivity index (χ1v) is 9.81. The van der Waals surface area contributed by atoms with E-state index in [4.69, 9.17) is 16.3 Å². The normalized spacial score (nSPS) is 18.2. The van der Waals surface area contributed by atoms with Gasteiger partial charge in [0.1, 0.15) is 12.1 Å². The van der Waals surface area contributed by atoms with Crippen molar-refractivity contribution in [1.82, 2.24) is 10.3 Å². The van der Waals surface area contributed by atoms with Crippen molar-refractivity contribution < 1.29 is 27.5 Å². The van der Waals surface area contributed by atoms with E-state index in [2.05, 4.69) is 15.7 Å². The Balaban J connectivity index is 1.75. The number of hydrazone groups is 1. The zero-order chi connectivity index (χ0) is 23.5. The molecule has 2 amide bonds. The molecule has 1 aliphatic rings. The second-order valence-electron chi connectivity index (χ2n) is 7.35. The number of hydrogen-bond donors (Lipinski definition) is 2. The molecule has 0 bridgehead atoms. The van der Waals surface area contributed by atoms with Crippen molar-refractivity contribution in [2.45, 2.75) is 18.6 Å². The molecule has 170 valence electrons. The Bertz CT molecular complexity index is 1030. The molecule has 3 rings (SSSR count). The Morgan fingerprint density at radius 1 is 1.16 bits per heavy atom. The molecule has 7 nitrogen and oxygen atoms in total. The number of ether oxygens (including phenoxy) is 1. The van der Waals surface area contributed by atoms with Crippen LogP contribution >= 0.6 is 11.6 Å². The van der Waals surface area contributed by atoms with Gasteiger partial charge in [0.05, 0.1) is 24.9 Å². The first kappa shape index (κ1) is 23.4. The number of benzene rings is 2. The fourth-order valence-electron chi connectivity index (χ4n) is 3.29. The molecule has 2 aromatic carbocycles. The molecule has 0 aliphatic carbocycles. The molecule has 2 N–H and O–H groups in total.